The van der Waals surface area contributed by atoms with Crippen LogP contribution in [0.3, 0.4) is 0 Å². The minimum atomic E-state index is -1.08. The summed E-state index contributed by atoms with van der Waals surface area (Å²) in [5.41, 5.74) is 3.21. The Balaban J connectivity index is 1.36. The average Bonchev–Trinajstić information content (AvgIpc) is 2.84. The molecule has 1 heterocycles. The van der Waals surface area contributed by atoms with Crippen LogP contribution in [0.2, 0.25) is 0 Å². The number of hydrogen-bond acceptors (Lipinski definition) is 5. The van der Waals surface area contributed by atoms with E-state index in [4.69, 9.17) is 18.9 Å². The van der Waals surface area contributed by atoms with Gasteiger partial charge in [0.25, 0.3) is 0 Å². The van der Waals surface area contributed by atoms with Crippen molar-refractivity contribution >= 4 is 0 Å². The molecule has 168 valence electrons. The maximum absolute atomic E-state index is 10.7. The smallest absolute Gasteiger partial charge is 0.184 e. The van der Waals surface area contributed by atoms with Gasteiger partial charge in [-0.15, -0.1) is 0 Å². The van der Waals surface area contributed by atoms with Crippen molar-refractivity contribution in [1.82, 2.24) is 0 Å². The van der Waals surface area contributed by atoms with E-state index in [1.807, 2.05) is 91.0 Å². The van der Waals surface area contributed by atoms with Crippen LogP contribution in [0.5, 0.6) is 0 Å². The SMILES string of the molecule is OC1O[C@H](COCc2ccccc2)C[C@H](OCc2ccccc2)[C@H]1OCc1ccccc1. The van der Waals surface area contributed by atoms with E-state index in [1.54, 1.807) is 0 Å². The van der Waals surface area contributed by atoms with E-state index in [0.29, 0.717) is 32.8 Å². The van der Waals surface area contributed by atoms with E-state index in [9.17, 15) is 5.11 Å². The summed E-state index contributed by atoms with van der Waals surface area (Å²) in [7, 11) is 0. The number of aliphatic hydroxyl groups is 1. The lowest BCUT2D eigenvalue weighted by Crippen LogP contribution is -2.51. The van der Waals surface area contributed by atoms with Crippen molar-refractivity contribution < 1.29 is 24.1 Å². The molecule has 0 aromatic heterocycles. The van der Waals surface area contributed by atoms with Crippen molar-refractivity contribution in [3.63, 3.8) is 0 Å². The monoisotopic (exact) mass is 434 g/mol. The van der Waals surface area contributed by atoms with Crippen LogP contribution < -0.4 is 0 Å². The molecule has 0 amide bonds. The van der Waals surface area contributed by atoms with E-state index in [1.165, 1.54) is 0 Å². The first-order chi connectivity index (χ1) is 15.8. The first-order valence-corrected chi connectivity index (χ1v) is 11.0. The molecular weight excluding hydrogens is 404 g/mol. The molecular formula is C27H30O5. The molecule has 3 aromatic rings. The van der Waals surface area contributed by atoms with Crippen LogP contribution in [0.1, 0.15) is 23.1 Å². The number of rotatable bonds is 10. The van der Waals surface area contributed by atoms with Gasteiger partial charge in [-0.05, 0) is 16.7 Å². The van der Waals surface area contributed by atoms with E-state index in [0.717, 1.165) is 16.7 Å². The highest BCUT2D eigenvalue weighted by atomic mass is 16.7. The fraction of sp³-hybridized carbons (Fsp3) is 0.333. The minimum Gasteiger partial charge on any atom is -0.374 e. The maximum atomic E-state index is 10.7. The molecule has 5 heteroatoms. The van der Waals surface area contributed by atoms with Gasteiger partial charge in [0.05, 0.1) is 38.6 Å². The molecule has 0 radical (unpaired) electrons. The van der Waals surface area contributed by atoms with E-state index in [2.05, 4.69) is 0 Å². The summed E-state index contributed by atoms with van der Waals surface area (Å²) in [5.74, 6) is 0. The van der Waals surface area contributed by atoms with Crippen LogP contribution in [0, 0.1) is 0 Å². The third kappa shape index (κ3) is 6.73. The minimum absolute atomic E-state index is 0.272. The van der Waals surface area contributed by atoms with Gasteiger partial charge in [0, 0.05) is 6.42 Å². The van der Waals surface area contributed by atoms with Crippen molar-refractivity contribution in [3.05, 3.63) is 108 Å². The second-order valence-electron chi connectivity index (χ2n) is 7.98. The highest BCUT2D eigenvalue weighted by Crippen LogP contribution is 2.26. The normalized spacial score (nSPS) is 23.2. The molecule has 32 heavy (non-hydrogen) atoms. The Morgan fingerprint density at radius 1 is 0.688 bits per heavy atom. The molecule has 4 rings (SSSR count). The Bertz CT molecular complexity index is 903. The Labute approximate surface area is 189 Å². The zero-order chi connectivity index (χ0) is 22.0. The summed E-state index contributed by atoms with van der Waals surface area (Å²) in [5, 5.41) is 10.7. The lowest BCUT2D eigenvalue weighted by molar-refractivity contribution is -0.277. The largest absolute Gasteiger partial charge is 0.374 e. The molecule has 1 saturated heterocycles. The van der Waals surface area contributed by atoms with Crippen LogP contribution in [0.25, 0.3) is 0 Å². The fourth-order valence-electron chi connectivity index (χ4n) is 3.79. The van der Waals surface area contributed by atoms with Crippen molar-refractivity contribution in [2.24, 2.45) is 0 Å². The molecule has 1 N–H and O–H groups in total. The van der Waals surface area contributed by atoms with Gasteiger partial charge in [-0.2, -0.15) is 0 Å². The quantitative estimate of drug-likeness (QED) is 0.510. The number of hydrogen-bond donors (Lipinski definition) is 1. The third-order valence-corrected chi connectivity index (χ3v) is 5.48. The number of benzene rings is 3. The van der Waals surface area contributed by atoms with E-state index in [-0.39, 0.29) is 12.2 Å². The molecule has 0 spiro atoms. The maximum Gasteiger partial charge on any atom is 0.184 e. The van der Waals surface area contributed by atoms with Crippen molar-refractivity contribution in [2.45, 2.75) is 50.8 Å². The van der Waals surface area contributed by atoms with Gasteiger partial charge in [-0.1, -0.05) is 91.0 Å². The zero-order valence-electron chi connectivity index (χ0n) is 18.1. The number of ether oxygens (including phenoxy) is 4. The first-order valence-electron chi connectivity index (χ1n) is 11.0. The molecule has 1 aliphatic rings. The molecule has 4 atom stereocenters. The van der Waals surface area contributed by atoms with Crippen LogP contribution in [0.15, 0.2) is 91.0 Å². The van der Waals surface area contributed by atoms with Crippen LogP contribution >= 0.6 is 0 Å². The Kier molecular flexibility index (Phi) is 8.42. The van der Waals surface area contributed by atoms with Gasteiger partial charge in [-0.3, -0.25) is 0 Å². The predicted molar refractivity (Wildman–Crippen MR) is 122 cm³/mol. The zero-order valence-corrected chi connectivity index (χ0v) is 18.1. The van der Waals surface area contributed by atoms with E-state index >= 15 is 0 Å². The highest BCUT2D eigenvalue weighted by molar-refractivity contribution is 5.15. The second-order valence-corrected chi connectivity index (χ2v) is 7.98. The third-order valence-electron chi connectivity index (χ3n) is 5.48. The summed E-state index contributed by atoms with van der Waals surface area (Å²) in [6.45, 7) is 1.70. The van der Waals surface area contributed by atoms with Gasteiger partial charge in [0.15, 0.2) is 6.29 Å². The first kappa shape index (κ1) is 22.6. The van der Waals surface area contributed by atoms with Gasteiger partial charge in [-0.25, -0.2) is 0 Å². The lowest BCUT2D eigenvalue weighted by atomic mass is 10.0. The van der Waals surface area contributed by atoms with Gasteiger partial charge >= 0.3 is 0 Å². The molecule has 1 fully saturated rings. The Morgan fingerprint density at radius 2 is 1.19 bits per heavy atom. The molecule has 1 aliphatic heterocycles. The van der Waals surface area contributed by atoms with Crippen LogP contribution in [0.4, 0.5) is 0 Å². The van der Waals surface area contributed by atoms with Crippen molar-refractivity contribution in [1.29, 1.82) is 0 Å². The molecule has 1 unspecified atom stereocenters. The van der Waals surface area contributed by atoms with Gasteiger partial charge in [0.1, 0.15) is 6.10 Å². The van der Waals surface area contributed by atoms with E-state index < -0.39 is 12.4 Å². The van der Waals surface area contributed by atoms with Crippen molar-refractivity contribution in [2.75, 3.05) is 6.61 Å². The van der Waals surface area contributed by atoms with Gasteiger partial charge in [0.2, 0.25) is 0 Å². The summed E-state index contributed by atoms with van der Waals surface area (Å²) in [4.78, 5) is 0. The van der Waals surface area contributed by atoms with Crippen LogP contribution in [-0.4, -0.2) is 36.3 Å². The summed E-state index contributed by atoms with van der Waals surface area (Å²) in [6.07, 6.45) is -1.67. The number of aliphatic hydroxyl groups excluding tert-OH is 1. The Hall–Kier alpha value is -2.54. The summed E-state index contributed by atoms with van der Waals surface area (Å²) >= 11 is 0. The molecule has 0 bridgehead atoms. The topological polar surface area (TPSA) is 57.2 Å². The predicted octanol–water partition coefficient (Wildman–Crippen LogP) is 4.48. The standard InChI is InChI=1S/C27H30O5/c28-27-26(31-19-23-14-8-3-9-15-23)25(30-18-22-12-6-2-7-13-22)16-24(32-27)20-29-17-21-10-4-1-5-11-21/h1-15,24-28H,16-20H2/t24-,25-,26+,27?/m0/s1. The highest BCUT2D eigenvalue weighted by Gasteiger charge is 2.39. The molecule has 0 saturated carbocycles. The molecule has 0 aliphatic carbocycles. The summed E-state index contributed by atoms with van der Waals surface area (Å²) < 4.78 is 24.0. The van der Waals surface area contributed by atoms with Gasteiger partial charge < -0.3 is 24.1 Å². The lowest BCUT2D eigenvalue weighted by Gasteiger charge is -2.39. The Morgan fingerprint density at radius 3 is 1.75 bits per heavy atom. The average molecular weight is 435 g/mol. The van der Waals surface area contributed by atoms with Crippen LogP contribution in [-0.2, 0) is 38.8 Å². The summed E-state index contributed by atoms with van der Waals surface area (Å²) in [6, 6.07) is 29.9. The molecule has 3 aromatic carbocycles. The fourth-order valence-corrected chi connectivity index (χ4v) is 3.79. The second kappa shape index (κ2) is 11.9. The van der Waals surface area contributed by atoms with Crippen molar-refractivity contribution in [3.8, 4) is 0 Å². The molecule has 5 nitrogen and oxygen atoms in total.